The predicted molar refractivity (Wildman–Crippen MR) is 103 cm³/mol. The van der Waals surface area contributed by atoms with E-state index in [2.05, 4.69) is 0 Å². The van der Waals surface area contributed by atoms with Crippen molar-refractivity contribution in [1.82, 2.24) is 9.80 Å². The van der Waals surface area contributed by atoms with Crippen LogP contribution in [0.2, 0.25) is 0 Å². The van der Waals surface area contributed by atoms with Gasteiger partial charge in [0.2, 0.25) is 11.8 Å². The van der Waals surface area contributed by atoms with Gasteiger partial charge in [0.1, 0.15) is 5.75 Å². The molecule has 0 saturated carbocycles. The summed E-state index contributed by atoms with van der Waals surface area (Å²) in [6.45, 7) is 7.58. The highest BCUT2D eigenvalue weighted by Gasteiger charge is 2.42. The minimum absolute atomic E-state index is 0.00782. The van der Waals surface area contributed by atoms with Gasteiger partial charge in [-0.3, -0.25) is 9.59 Å². The van der Waals surface area contributed by atoms with Crippen molar-refractivity contribution in [3.05, 3.63) is 29.8 Å². The third-order valence-corrected chi connectivity index (χ3v) is 5.42. The monoisotopic (exact) mass is 374 g/mol. The summed E-state index contributed by atoms with van der Waals surface area (Å²) < 4.78 is 10.7. The summed E-state index contributed by atoms with van der Waals surface area (Å²) >= 11 is 0. The number of morpholine rings is 1. The van der Waals surface area contributed by atoms with Crippen molar-refractivity contribution in [3.63, 3.8) is 0 Å². The number of rotatable bonds is 5. The third kappa shape index (κ3) is 4.61. The van der Waals surface area contributed by atoms with Crippen molar-refractivity contribution in [2.24, 2.45) is 11.8 Å². The van der Waals surface area contributed by atoms with Crippen LogP contribution in [-0.2, 0) is 14.3 Å². The van der Waals surface area contributed by atoms with Crippen molar-refractivity contribution < 1.29 is 19.1 Å². The van der Waals surface area contributed by atoms with Crippen LogP contribution in [-0.4, -0.2) is 68.1 Å². The van der Waals surface area contributed by atoms with Crippen molar-refractivity contribution in [1.29, 1.82) is 0 Å². The number of amides is 2. The van der Waals surface area contributed by atoms with Gasteiger partial charge in [-0.25, -0.2) is 0 Å². The summed E-state index contributed by atoms with van der Waals surface area (Å²) in [7, 11) is 1.64. The zero-order chi connectivity index (χ0) is 19.4. The highest BCUT2D eigenvalue weighted by atomic mass is 16.5. The van der Waals surface area contributed by atoms with Crippen molar-refractivity contribution >= 4 is 11.8 Å². The molecule has 3 rings (SSSR count). The highest BCUT2D eigenvalue weighted by Crippen LogP contribution is 2.36. The molecule has 0 bridgehead atoms. The molecule has 2 amide bonds. The van der Waals surface area contributed by atoms with Crippen LogP contribution in [0.1, 0.15) is 31.7 Å². The third-order valence-electron chi connectivity index (χ3n) is 5.42. The molecule has 0 aliphatic carbocycles. The molecule has 148 valence electrons. The van der Waals surface area contributed by atoms with Crippen LogP contribution < -0.4 is 4.74 Å². The van der Waals surface area contributed by atoms with Gasteiger partial charge in [0.05, 0.1) is 26.2 Å². The van der Waals surface area contributed by atoms with E-state index in [-0.39, 0.29) is 23.7 Å². The summed E-state index contributed by atoms with van der Waals surface area (Å²) in [4.78, 5) is 29.6. The first-order chi connectivity index (χ1) is 13.0. The number of likely N-dealkylation sites (tertiary alicyclic amines) is 1. The summed E-state index contributed by atoms with van der Waals surface area (Å²) in [5.41, 5.74) is 1.06. The van der Waals surface area contributed by atoms with Crippen molar-refractivity contribution in [3.8, 4) is 5.75 Å². The Morgan fingerprint density at radius 3 is 2.59 bits per heavy atom. The van der Waals surface area contributed by atoms with E-state index in [4.69, 9.17) is 9.47 Å². The maximum absolute atomic E-state index is 13.2. The van der Waals surface area contributed by atoms with E-state index in [1.807, 2.05) is 47.9 Å². The van der Waals surface area contributed by atoms with E-state index in [1.165, 1.54) is 0 Å². The smallest absolute Gasteiger partial charge is 0.228 e. The summed E-state index contributed by atoms with van der Waals surface area (Å²) in [5, 5.41) is 0. The molecule has 2 aliphatic heterocycles. The van der Waals surface area contributed by atoms with E-state index in [0.29, 0.717) is 51.7 Å². The Kier molecular flexibility index (Phi) is 6.37. The van der Waals surface area contributed by atoms with Crippen LogP contribution in [0.4, 0.5) is 0 Å². The maximum Gasteiger partial charge on any atom is 0.228 e. The number of hydrogen-bond donors (Lipinski definition) is 0. The number of hydrogen-bond acceptors (Lipinski definition) is 4. The summed E-state index contributed by atoms with van der Waals surface area (Å²) in [5.74, 6) is 1.12. The van der Waals surface area contributed by atoms with E-state index in [1.54, 1.807) is 7.11 Å². The number of carbonyl (C=O) groups excluding carboxylic acids is 2. The molecule has 2 unspecified atom stereocenters. The second kappa shape index (κ2) is 8.74. The quantitative estimate of drug-likeness (QED) is 0.792. The molecule has 27 heavy (non-hydrogen) atoms. The van der Waals surface area contributed by atoms with Gasteiger partial charge in [-0.2, -0.15) is 0 Å². The van der Waals surface area contributed by atoms with Gasteiger partial charge in [-0.05, 0) is 23.6 Å². The van der Waals surface area contributed by atoms with Gasteiger partial charge in [0.25, 0.3) is 0 Å². The molecule has 1 aromatic carbocycles. The van der Waals surface area contributed by atoms with Crippen LogP contribution in [0.5, 0.6) is 5.75 Å². The van der Waals surface area contributed by atoms with Gasteiger partial charge in [-0.15, -0.1) is 0 Å². The number of methoxy groups -OCH3 is 1. The average Bonchev–Trinajstić information content (AvgIpc) is 3.13. The van der Waals surface area contributed by atoms with Crippen LogP contribution >= 0.6 is 0 Å². The van der Waals surface area contributed by atoms with Crippen LogP contribution in [0, 0.1) is 11.8 Å². The van der Waals surface area contributed by atoms with Gasteiger partial charge < -0.3 is 19.3 Å². The van der Waals surface area contributed by atoms with Crippen LogP contribution in [0.3, 0.4) is 0 Å². The summed E-state index contributed by atoms with van der Waals surface area (Å²) in [6.07, 6.45) is 0.517. The molecule has 2 aliphatic rings. The molecule has 0 N–H and O–H groups in total. The first-order valence-corrected chi connectivity index (χ1v) is 9.78. The normalized spacial score (nSPS) is 23.0. The lowest BCUT2D eigenvalue weighted by Crippen LogP contribution is -2.45. The number of ether oxygens (including phenoxy) is 2. The SMILES string of the molecule is COc1cccc(C2CN(C(=O)CC(C)C)CC2C(=O)N2CCOCC2)c1. The Hall–Kier alpha value is -2.08. The molecular weight excluding hydrogens is 344 g/mol. The molecular formula is C21H30N2O4. The van der Waals surface area contributed by atoms with Crippen LogP contribution in [0.25, 0.3) is 0 Å². The first kappa shape index (κ1) is 19.7. The fourth-order valence-corrected chi connectivity index (χ4v) is 3.96. The molecule has 2 saturated heterocycles. The van der Waals surface area contributed by atoms with Gasteiger partial charge in [-0.1, -0.05) is 26.0 Å². The maximum atomic E-state index is 13.2. The molecule has 6 nitrogen and oxygen atoms in total. The lowest BCUT2D eigenvalue weighted by Gasteiger charge is -2.31. The zero-order valence-corrected chi connectivity index (χ0v) is 16.5. The van der Waals surface area contributed by atoms with E-state index >= 15 is 0 Å². The Labute approximate surface area is 161 Å². The molecule has 0 aromatic heterocycles. The molecule has 2 heterocycles. The minimum Gasteiger partial charge on any atom is -0.497 e. The van der Waals surface area contributed by atoms with Gasteiger partial charge in [0, 0.05) is 38.5 Å². The minimum atomic E-state index is -0.216. The largest absolute Gasteiger partial charge is 0.497 e. The topological polar surface area (TPSA) is 59.1 Å². The molecule has 1 aromatic rings. The number of benzene rings is 1. The Bertz CT molecular complexity index is 670. The second-order valence-corrected chi connectivity index (χ2v) is 7.82. The Morgan fingerprint density at radius 2 is 1.93 bits per heavy atom. The lowest BCUT2D eigenvalue weighted by atomic mass is 9.87. The lowest BCUT2D eigenvalue weighted by molar-refractivity contribution is -0.140. The predicted octanol–water partition coefficient (Wildman–Crippen LogP) is 2.14. The molecule has 6 heteroatoms. The Morgan fingerprint density at radius 1 is 1.19 bits per heavy atom. The Balaban J connectivity index is 1.83. The fourth-order valence-electron chi connectivity index (χ4n) is 3.96. The number of carbonyl (C=O) groups is 2. The van der Waals surface area contributed by atoms with E-state index in [0.717, 1.165) is 11.3 Å². The molecule has 0 radical (unpaired) electrons. The highest BCUT2D eigenvalue weighted by molar-refractivity contribution is 5.83. The standard InChI is InChI=1S/C21H30N2O4/c1-15(2)11-20(24)23-13-18(16-5-4-6-17(12-16)26-3)19(14-23)21(25)22-7-9-27-10-8-22/h4-6,12,15,18-19H,7-11,13-14H2,1-3H3. The van der Waals surface area contributed by atoms with Crippen molar-refractivity contribution in [2.75, 3.05) is 46.5 Å². The van der Waals surface area contributed by atoms with E-state index < -0.39 is 0 Å². The van der Waals surface area contributed by atoms with Crippen molar-refractivity contribution in [2.45, 2.75) is 26.2 Å². The average molecular weight is 374 g/mol. The van der Waals surface area contributed by atoms with Gasteiger partial charge >= 0.3 is 0 Å². The first-order valence-electron chi connectivity index (χ1n) is 9.78. The van der Waals surface area contributed by atoms with Gasteiger partial charge in [0.15, 0.2) is 0 Å². The second-order valence-electron chi connectivity index (χ2n) is 7.82. The molecule has 2 fully saturated rings. The zero-order valence-electron chi connectivity index (χ0n) is 16.5. The van der Waals surface area contributed by atoms with Crippen LogP contribution in [0.15, 0.2) is 24.3 Å². The van der Waals surface area contributed by atoms with E-state index in [9.17, 15) is 9.59 Å². The fraction of sp³-hybridized carbons (Fsp3) is 0.619. The molecule has 0 spiro atoms. The molecule has 2 atom stereocenters. The summed E-state index contributed by atoms with van der Waals surface area (Å²) in [6, 6.07) is 7.87. The number of nitrogens with zero attached hydrogens (tertiary/aromatic N) is 2.